The van der Waals surface area contributed by atoms with E-state index in [0.29, 0.717) is 13.2 Å². The summed E-state index contributed by atoms with van der Waals surface area (Å²) in [7, 11) is 1.90. The molecule has 0 radical (unpaired) electrons. The maximum atomic E-state index is 9.76. The van der Waals surface area contributed by atoms with E-state index in [9.17, 15) is 5.11 Å². The Balaban J connectivity index is 2.24. The van der Waals surface area contributed by atoms with Crippen LogP contribution in [0.3, 0.4) is 0 Å². The van der Waals surface area contributed by atoms with Gasteiger partial charge in [-0.15, -0.1) is 0 Å². The van der Waals surface area contributed by atoms with Crippen molar-refractivity contribution >= 4 is 7.85 Å². The molecule has 12 heavy (non-hydrogen) atoms. The first-order valence-electron chi connectivity index (χ1n) is 4.24. The van der Waals surface area contributed by atoms with Gasteiger partial charge in [-0.2, -0.15) is 0 Å². The molecule has 2 aliphatic heterocycles. The van der Waals surface area contributed by atoms with Crippen molar-refractivity contribution in [1.29, 1.82) is 0 Å². The summed E-state index contributed by atoms with van der Waals surface area (Å²) in [5.74, 6) is 0.0194. The number of hydrogen-bond donors (Lipinski definition) is 2. The first kappa shape index (κ1) is 8.50. The number of ether oxygens (including phenoxy) is 2. The fraction of sp³-hybridized carbons (Fsp3) is 1.00. The average Bonchev–Trinajstić information content (AvgIpc) is 2.23. The highest BCUT2D eigenvalue weighted by molar-refractivity contribution is 6.11. The molecule has 4 atom stereocenters. The molecule has 2 aliphatic rings. The summed E-state index contributed by atoms with van der Waals surface area (Å²) in [5.41, 5.74) is -0.845. The Hall–Kier alpha value is -0.0951. The minimum absolute atomic E-state index is 0.0188. The fourth-order valence-electron chi connectivity index (χ4n) is 2.06. The zero-order chi connectivity index (χ0) is 8.77. The zero-order valence-corrected chi connectivity index (χ0v) is 7.06. The van der Waals surface area contributed by atoms with Crippen LogP contribution in [0.5, 0.6) is 0 Å². The molecule has 0 spiro atoms. The van der Waals surface area contributed by atoms with Crippen molar-refractivity contribution < 1.29 is 19.7 Å². The van der Waals surface area contributed by atoms with Crippen molar-refractivity contribution in [2.45, 2.75) is 17.7 Å². The summed E-state index contributed by atoms with van der Waals surface area (Å²) >= 11 is 0. The maximum Gasteiger partial charge on any atom is 0.140 e. The smallest absolute Gasteiger partial charge is 0.140 e. The summed E-state index contributed by atoms with van der Waals surface area (Å²) in [4.78, 5) is 0. The van der Waals surface area contributed by atoms with Gasteiger partial charge in [0.15, 0.2) is 0 Å². The van der Waals surface area contributed by atoms with Gasteiger partial charge in [0, 0.05) is 11.9 Å². The van der Waals surface area contributed by atoms with Crippen LogP contribution in [0.4, 0.5) is 0 Å². The Morgan fingerprint density at radius 3 is 2.92 bits per heavy atom. The van der Waals surface area contributed by atoms with E-state index in [0.717, 1.165) is 0 Å². The molecule has 4 nitrogen and oxygen atoms in total. The monoisotopic (exact) mass is 172 g/mol. The van der Waals surface area contributed by atoms with Crippen LogP contribution in [0.1, 0.15) is 0 Å². The number of aliphatic hydroxyl groups is 2. The highest BCUT2D eigenvalue weighted by Crippen LogP contribution is 2.38. The highest BCUT2D eigenvalue weighted by Gasteiger charge is 2.55. The van der Waals surface area contributed by atoms with Crippen LogP contribution >= 0.6 is 0 Å². The predicted molar refractivity (Wildman–Crippen MR) is 43.5 cm³/mol. The normalized spacial score (nSPS) is 52.7. The Labute approximate surface area is 71.9 Å². The molecule has 2 fully saturated rings. The molecule has 0 aromatic heterocycles. The molecule has 5 heteroatoms. The van der Waals surface area contributed by atoms with Gasteiger partial charge in [-0.05, 0) is 0 Å². The first-order valence-corrected chi connectivity index (χ1v) is 4.24. The highest BCUT2D eigenvalue weighted by atomic mass is 16.6. The lowest BCUT2D eigenvalue weighted by molar-refractivity contribution is -0.153. The summed E-state index contributed by atoms with van der Waals surface area (Å²) in [6, 6.07) is -0.0188. The summed E-state index contributed by atoms with van der Waals surface area (Å²) in [6.45, 7) is 0.657. The quantitative estimate of drug-likeness (QED) is 0.437. The van der Waals surface area contributed by atoms with Gasteiger partial charge in [0.25, 0.3) is 0 Å². The Bertz CT molecular complexity index is 188. The second kappa shape index (κ2) is 2.70. The van der Waals surface area contributed by atoms with Gasteiger partial charge in [-0.1, -0.05) is 0 Å². The van der Waals surface area contributed by atoms with Crippen molar-refractivity contribution in [1.82, 2.24) is 0 Å². The van der Waals surface area contributed by atoms with Gasteiger partial charge in [0.05, 0.1) is 25.9 Å². The minimum Gasteiger partial charge on any atom is -0.393 e. The van der Waals surface area contributed by atoms with Gasteiger partial charge in [-0.3, -0.25) is 0 Å². The van der Waals surface area contributed by atoms with E-state index >= 15 is 0 Å². The molecule has 2 rings (SSSR count). The third kappa shape index (κ3) is 0.940. The number of hydrogen-bond acceptors (Lipinski definition) is 4. The van der Waals surface area contributed by atoms with E-state index in [4.69, 9.17) is 14.6 Å². The molecule has 1 unspecified atom stereocenters. The van der Waals surface area contributed by atoms with Crippen molar-refractivity contribution in [2.75, 3.05) is 19.8 Å². The lowest BCUT2D eigenvalue weighted by Crippen LogP contribution is -2.52. The molecule has 0 aromatic rings. The van der Waals surface area contributed by atoms with Crippen molar-refractivity contribution in [3.05, 3.63) is 0 Å². The SMILES string of the molecule is BC1O[C@@]2(CO)COC[C@H]1[C@H]2O. The van der Waals surface area contributed by atoms with Gasteiger partial charge in [0.2, 0.25) is 0 Å². The van der Waals surface area contributed by atoms with Gasteiger partial charge >= 0.3 is 0 Å². The van der Waals surface area contributed by atoms with Crippen LogP contribution in [0.15, 0.2) is 0 Å². The number of rotatable bonds is 1. The third-order valence-electron chi connectivity index (χ3n) is 2.89. The lowest BCUT2D eigenvalue weighted by Gasteiger charge is -2.34. The molecule has 2 saturated heterocycles. The molecule has 2 heterocycles. The van der Waals surface area contributed by atoms with Crippen molar-refractivity contribution in [3.8, 4) is 0 Å². The molecule has 0 aliphatic carbocycles. The summed E-state index contributed by atoms with van der Waals surface area (Å²) in [5, 5.41) is 18.9. The molecule has 0 saturated carbocycles. The maximum absolute atomic E-state index is 9.76. The van der Waals surface area contributed by atoms with Crippen LogP contribution in [-0.2, 0) is 9.47 Å². The molecule has 0 aromatic carbocycles. The second-order valence-electron chi connectivity index (χ2n) is 3.67. The van der Waals surface area contributed by atoms with E-state index in [2.05, 4.69) is 0 Å². The first-order chi connectivity index (χ1) is 5.69. The van der Waals surface area contributed by atoms with Crippen molar-refractivity contribution in [2.24, 2.45) is 5.92 Å². The van der Waals surface area contributed by atoms with Crippen LogP contribution in [0.2, 0.25) is 0 Å². The van der Waals surface area contributed by atoms with E-state index in [-0.39, 0.29) is 18.5 Å². The predicted octanol–water partition coefficient (Wildman–Crippen LogP) is -2.29. The van der Waals surface area contributed by atoms with Gasteiger partial charge < -0.3 is 19.7 Å². The van der Waals surface area contributed by atoms with E-state index in [1.165, 1.54) is 0 Å². The Kier molecular flexibility index (Phi) is 1.91. The molecule has 68 valence electrons. The fourth-order valence-corrected chi connectivity index (χ4v) is 2.06. The van der Waals surface area contributed by atoms with Gasteiger partial charge in [-0.25, -0.2) is 0 Å². The number of aliphatic hydroxyl groups excluding tert-OH is 2. The zero-order valence-electron chi connectivity index (χ0n) is 7.06. The second-order valence-corrected chi connectivity index (χ2v) is 3.67. The van der Waals surface area contributed by atoms with Crippen molar-refractivity contribution in [3.63, 3.8) is 0 Å². The molecule has 0 amide bonds. The van der Waals surface area contributed by atoms with E-state index < -0.39 is 11.7 Å². The molecule has 2 bridgehead atoms. The summed E-state index contributed by atoms with van der Waals surface area (Å²) < 4.78 is 10.8. The molecule has 2 N–H and O–H groups in total. The van der Waals surface area contributed by atoms with Crippen LogP contribution in [-0.4, -0.2) is 55.6 Å². The lowest BCUT2D eigenvalue weighted by atomic mass is 9.81. The largest absolute Gasteiger partial charge is 0.393 e. The Morgan fingerprint density at radius 2 is 2.33 bits per heavy atom. The Morgan fingerprint density at radius 1 is 1.58 bits per heavy atom. The van der Waals surface area contributed by atoms with Crippen LogP contribution in [0.25, 0.3) is 0 Å². The minimum atomic E-state index is -0.845. The third-order valence-corrected chi connectivity index (χ3v) is 2.89. The standard InChI is InChI=1S/C7H13BO4/c8-6-4-1-11-3-7(2-9,12-6)5(4)10/h4-6,9-10H,1-3,8H2/t4-,5+,6?,7-/m0/s1. The number of fused-ring (bicyclic) bond motifs is 2. The molecular formula is C7H13BO4. The van der Waals surface area contributed by atoms with E-state index in [1.54, 1.807) is 0 Å². The molecular weight excluding hydrogens is 159 g/mol. The van der Waals surface area contributed by atoms with Gasteiger partial charge in [0.1, 0.15) is 13.4 Å². The van der Waals surface area contributed by atoms with E-state index in [1.807, 2.05) is 7.85 Å². The van der Waals surface area contributed by atoms with Crippen LogP contribution < -0.4 is 0 Å². The topological polar surface area (TPSA) is 58.9 Å². The van der Waals surface area contributed by atoms with Crippen LogP contribution in [0, 0.1) is 5.92 Å². The summed E-state index contributed by atoms with van der Waals surface area (Å²) in [6.07, 6.45) is -0.578. The average molecular weight is 172 g/mol.